The zero-order valence-electron chi connectivity index (χ0n) is 10.4. The van der Waals surface area contributed by atoms with E-state index in [1.54, 1.807) is 18.3 Å². The Hall–Kier alpha value is -1.46. The molecule has 0 aliphatic rings. The molecule has 0 amide bonds. The first kappa shape index (κ1) is 14.0. The van der Waals surface area contributed by atoms with Crippen molar-refractivity contribution in [3.05, 3.63) is 52.4 Å². The highest BCUT2D eigenvalue weighted by Gasteiger charge is 2.11. The Balaban J connectivity index is 2.27. The molecule has 19 heavy (non-hydrogen) atoms. The second-order valence-electron chi connectivity index (χ2n) is 4.33. The molecular weight excluding hydrogens is 311 g/mol. The van der Waals surface area contributed by atoms with Crippen LogP contribution in [0, 0.1) is 5.82 Å². The van der Waals surface area contributed by atoms with E-state index >= 15 is 0 Å². The summed E-state index contributed by atoms with van der Waals surface area (Å²) in [5.74, 6) is 0.0978. The normalized spacial score (nSPS) is 12.2. The van der Waals surface area contributed by atoms with Crippen LogP contribution in [0.25, 0.3) is 0 Å². The Bertz CT molecular complexity index is 575. The maximum Gasteiger partial charge on any atom is 0.222 e. The minimum atomic E-state index is -0.438. The average Bonchev–Trinajstić information content (AvgIpc) is 2.34. The van der Waals surface area contributed by atoms with Crippen molar-refractivity contribution in [2.24, 2.45) is 5.73 Å². The van der Waals surface area contributed by atoms with Crippen LogP contribution in [0.2, 0.25) is 0 Å². The SMILES string of the molecule is CC(N)Cc1cccnc1Oc1ccc(Br)cc1F. The molecule has 0 saturated carbocycles. The lowest BCUT2D eigenvalue weighted by Gasteiger charge is -2.12. The second-order valence-corrected chi connectivity index (χ2v) is 5.24. The summed E-state index contributed by atoms with van der Waals surface area (Å²) in [5.41, 5.74) is 6.63. The van der Waals surface area contributed by atoms with Crippen LogP contribution < -0.4 is 10.5 Å². The van der Waals surface area contributed by atoms with Gasteiger partial charge in [0.05, 0.1) is 0 Å². The van der Waals surface area contributed by atoms with E-state index in [1.807, 2.05) is 19.1 Å². The lowest BCUT2D eigenvalue weighted by Crippen LogP contribution is -2.18. The highest BCUT2D eigenvalue weighted by atomic mass is 79.9. The molecule has 0 radical (unpaired) electrons. The Labute approximate surface area is 119 Å². The number of pyridine rings is 1. The molecule has 1 aromatic carbocycles. The van der Waals surface area contributed by atoms with Crippen molar-refractivity contribution in [3.63, 3.8) is 0 Å². The maximum absolute atomic E-state index is 13.7. The fourth-order valence-corrected chi connectivity index (χ4v) is 2.01. The van der Waals surface area contributed by atoms with Gasteiger partial charge in [-0.2, -0.15) is 0 Å². The summed E-state index contributed by atoms with van der Waals surface area (Å²) in [6.45, 7) is 1.90. The van der Waals surface area contributed by atoms with Gasteiger partial charge in [-0.25, -0.2) is 9.37 Å². The van der Waals surface area contributed by atoms with E-state index in [0.717, 1.165) is 5.56 Å². The molecule has 1 unspecified atom stereocenters. The molecule has 2 aromatic rings. The van der Waals surface area contributed by atoms with Gasteiger partial charge in [-0.15, -0.1) is 0 Å². The zero-order chi connectivity index (χ0) is 13.8. The second kappa shape index (κ2) is 6.12. The molecule has 2 rings (SSSR count). The van der Waals surface area contributed by atoms with Gasteiger partial charge in [-0.05, 0) is 37.6 Å². The van der Waals surface area contributed by atoms with Crippen molar-refractivity contribution >= 4 is 15.9 Å². The topological polar surface area (TPSA) is 48.1 Å². The summed E-state index contributed by atoms with van der Waals surface area (Å²) in [5, 5.41) is 0. The van der Waals surface area contributed by atoms with Crippen molar-refractivity contribution in [3.8, 4) is 11.6 Å². The van der Waals surface area contributed by atoms with Crippen LogP contribution in [-0.4, -0.2) is 11.0 Å². The Morgan fingerprint density at radius 2 is 2.21 bits per heavy atom. The van der Waals surface area contributed by atoms with E-state index in [1.165, 1.54) is 6.07 Å². The van der Waals surface area contributed by atoms with Gasteiger partial charge in [0.15, 0.2) is 11.6 Å². The summed E-state index contributed by atoms with van der Waals surface area (Å²) in [7, 11) is 0. The lowest BCUT2D eigenvalue weighted by molar-refractivity contribution is 0.421. The Kier molecular flexibility index (Phi) is 4.50. The van der Waals surface area contributed by atoms with Crippen LogP contribution in [0.5, 0.6) is 11.6 Å². The third-order valence-corrected chi connectivity index (χ3v) is 2.99. The van der Waals surface area contributed by atoms with E-state index in [0.29, 0.717) is 16.8 Å². The third kappa shape index (κ3) is 3.75. The number of aromatic nitrogens is 1. The summed E-state index contributed by atoms with van der Waals surface area (Å²) in [4.78, 5) is 4.13. The van der Waals surface area contributed by atoms with Crippen molar-refractivity contribution in [2.75, 3.05) is 0 Å². The summed E-state index contributed by atoms with van der Waals surface area (Å²) >= 11 is 3.20. The number of halogens is 2. The van der Waals surface area contributed by atoms with Crippen molar-refractivity contribution in [2.45, 2.75) is 19.4 Å². The molecule has 1 atom stereocenters. The number of benzene rings is 1. The molecular formula is C14H14BrFN2O. The first-order chi connectivity index (χ1) is 9.06. The number of nitrogens with two attached hydrogens (primary N) is 1. The molecule has 0 bridgehead atoms. The molecule has 1 heterocycles. The minimum absolute atomic E-state index is 0.0127. The minimum Gasteiger partial charge on any atom is -0.436 e. The van der Waals surface area contributed by atoms with Gasteiger partial charge in [0.1, 0.15) is 0 Å². The van der Waals surface area contributed by atoms with Crippen LogP contribution in [0.4, 0.5) is 4.39 Å². The van der Waals surface area contributed by atoms with E-state index in [9.17, 15) is 4.39 Å². The van der Waals surface area contributed by atoms with Gasteiger partial charge in [-0.3, -0.25) is 0 Å². The van der Waals surface area contributed by atoms with Gasteiger partial charge < -0.3 is 10.5 Å². The van der Waals surface area contributed by atoms with E-state index in [4.69, 9.17) is 10.5 Å². The van der Waals surface area contributed by atoms with Crippen LogP contribution in [0.15, 0.2) is 41.0 Å². The molecule has 0 spiro atoms. The van der Waals surface area contributed by atoms with Gasteiger partial charge in [0, 0.05) is 22.3 Å². The Morgan fingerprint density at radius 1 is 1.42 bits per heavy atom. The molecule has 2 N–H and O–H groups in total. The number of nitrogens with zero attached hydrogens (tertiary/aromatic N) is 1. The molecule has 3 nitrogen and oxygen atoms in total. The zero-order valence-corrected chi connectivity index (χ0v) is 12.0. The average molecular weight is 325 g/mol. The van der Waals surface area contributed by atoms with Crippen molar-refractivity contribution in [1.29, 1.82) is 0 Å². The van der Waals surface area contributed by atoms with Crippen molar-refractivity contribution < 1.29 is 9.13 Å². The van der Waals surface area contributed by atoms with Crippen LogP contribution in [0.3, 0.4) is 0 Å². The van der Waals surface area contributed by atoms with Gasteiger partial charge >= 0.3 is 0 Å². The van der Waals surface area contributed by atoms with Crippen LogP contribution in [-0.2, 0) is 6.42 Å². The highest BCUT2D eigenvalue weighted by molar-refractivity contribution is 9.10. The van der Waals surface area contributed by atoms with Crippen LogP contribution in [0.1, 0.15) is 12.5 Å². The molecule has 1 aromatic heterocycles. The smallest absolute Gasteiger partial charge is 0.222 e. The van der Waals surface area contributed by atoms with E-state index in [2.05, 4.69) is 20.9 Å². The predicted molar refractivity (Wildman–Crippen MR) is 75.8 cm³/mol. The molecule has 0 saturated heterocycles. The summed E-state index contributed by atoms with van der Waals surface area (Å²) < 4.78 is 19.9. The molecule has 0 fully saturated rings. The summed E-state index contributed by atoms with van der Waals surface area (Å²) in [6, 6.07) is 8.30. The number of hydrogen-bond donors (Lipinski definition) is 1. The van der Waals surface area contributed by atoms with Crippen LogP contribution >= 0.6 is 15.9 Å². The number of hydrogen-bond acceptors (Lipinski definition) is 3. The number of rotatable bonds is 4. The largest absolute Gasteiger partial charge is 0.436 e. The summed E-state index contributed by atoms with van der Waals surface area (Å²) in [6.07, 6.45) is 2.23. The molecule has 5 heteroatoms. The molecule has 100 valence electrons. The van der Waals surface area contributed by atoms with Gasteiger partial charge in [-0.1, -0.05) is 22.0 Å². The first-order valence-electron chi connectivity index (χ1n) is 5.88. The Morgan fingerprint density at radius 3 is 2.89 bits per heavy atom. The monoisotopic (exact) mass is 324 g/mol. The molecule has 0 aliphatic heterocycles. The maximum atomic E-state index is 13.7. The number of ether oxygens (including phenoxy) is 1. The third-order valence-electron chi connectivity index (χ3n) is 2.49. The fraction of sp³-hybridized carbons (Fsp3) is 0.214. The van der Waals surface area contributed by atoms with Gasteiger partial charge in [0.25, 0.3) is 0 Å². The quantitative estimate of drug-likeness (QED) is 0.933. The van der Waals surface area contributed by atoms with Gasteiger partial charge in [0.2, 0.25) is 5.88 Å². The molecule has 0 aliphatic carbocycles. The van der Waals surface area contributed by atoms with E-state index < -0.39 is 5.82 Å². The lowest BCUT2D eigenvalue weighted by atomic mass is 10.1. The van der Waals surface area contributed by atoms with Crippen molar-refractivity contribution in [1.82, 2.24) is 4.98 Å². The standard InChI is InChI=1S/C14H14BrFN2O/c1-9(17)7-10-3-2-6-18-14(10)19-13-5-4-11(15)8-12(13)16/h2-6,8-9H,7,17H2,1H3. The highest BCUT2D eigenvalue weighted by Crippen LogP contribution is 2.28. The fourth-order valence-electron chi connectivity index (χ4n) is 1.68. The first-order valence-corrected chi connectivity index (χ1v) is 6.68. The van der Waals surface area contributed by atoms with E-state index in [-0.39, 0.29) is 11.8 Å². The predicted octanol–water partition coefficient (Wildman–Crippen LogP) is 3.67.